The maximum absolute atomic E-state index is 13.7. The quantitative estimate of drug-likeness (QED) is 0.275. The molecule has 5 nitrogen and oxygen atoms in total. The Balaban J connectivity index is 1.91. The van der Waals surface area contributed by atoms with Crippen molar-refractivity contribution in [3.8, 4) is 5.75 Å². The third-order valence-corrected chi connectivity index (χ3v) is 6.81. The molecule has 0 bridgehead atoms. The van der Waals surface area contributed by atoms with Crippen molar-refractivity contribution >= 4 is 43.7 Å². The molecule has 1 atom stereocenters. The fraction of sp³-hybridized carbons (Fsp3) is 0.310. The van der Waals surface area contributed by atoms with Crippen LogP contribution in [-0.2, 0) is 29.0 Å². The summed E-state index contributed by atoms with van der Waals surface area (Å²) in [5.74, 6) is 0.140. The number of nitrogens with one attached hydrogen (secondary N) is 1. The van der Waals surface area contributed by atoms with E-state index in [-0.39, 0.29) is 31.0 Å². The van der Waals surface area contributed by atoms with Crippen LogP contribution in [0.2, 0.25) is 0 Å². The van der Waals surface area contributed by atoms with Crippen LogP contribution < -0.4 is 10.1 Å². The Morgan fingerprint density at radius 1 is 0.917 bits per heavy atom. The summed E-state index contributed by atoms with van der Waals surface area (Å²) in [7, 11) is 0. The number of aryl methyl sites for hydroxylation is 1. The average Bonchev–Trinajstić information content (AvgIpc) is 2.85. The smallest absolute Gasteiger partial charge is 0.261 e. The van der Waals surface area contributed by atoms with Gasteiger partial charge < -0.3 is 15.0 Å². The fourth-order valence-corrected chi connectivity index (χ4v) is 4.86. The number of nitrogens with zero attached hydrogens (tertiary/aromatic N) is 1. The fourth-order valence-electron chi connectivity index (χ4n) is 3.87. The second-order valence-corrected chi connectivity index (χ2v) is 10.7. The lowest BCUT2D eigenvalue weighted by Gasteiger charge is -2.32. The van der Waals surface area contributed by atoms with Crippen molar-refractivity contribution < 1.29 is 14.3 Å². The number of benzene rings is 3. The van der Waals surface area contributed by atoms with Crippen LogP contribution in [0.1, 0.15) is 37.5 Å². The van der Waals surface area contributed by atoms with Crippen molar-refractivity contribution in [1.29, 1.82) is 0 Å². The van der Waals surface area contributed by atoms with Crippen molar-refractivity contribution in [3.63, 3.8) is 0 Å². The lowest BCUT2D eigenvalue weighted by atomic mass is 10.0. The normalized spacial score (nSPS) is 11.7. The highest BCUT2D eigenvalue weighted by Crippen LogP contribution is 2.26. The van der Waals surface area contributed by atoms with E-state index in [4.69, 9.17) is 4.74 Å². The summed E-state index contributed by atoms with van der Waals surface area (Å²) in [6.45, 7) is 6.01. The summed E-state index contributed by atoms with van der Waals surface area (Å²) in [6, 6.07) is 22.6. The van der Waals surface area contributed by atoms with Gasteiger partial charge in [0.05, 0.1) is 4.47 Å². The van der Waals surface area contributed by atoms with E-state index in [2.05, 4.69) is 44.1 Å². The zero-order valence-corrected chi connectivity index (χ0v) is 24.0. The number of ether oxygens (including phenoxy) is 1. The van der Waals surface area contributed by atoms with Gasteiger partial charge in [0.25, 0.3) is 5.91 Å². The molecule has 3 rings (SSSR count). The minimum Gasteiger partial charge on any atom is -0.483 e. The summed E-state index contributed by atoms with van der Waals surface area (Å²) in [4.78, 5) is 28.7. The molecule has 190 valence electrons. The van der Waals surface area contributed by atoms with Crippen LogP contribution in [-0.4, -0.2) is 35.4 Å². The molecule has 0 aromatic heterocycles. The van der Waals surface area contributed by atoms with Crippen molar-refractivity contribution in [3.05, 3.63) is 98.4 Å². The third kappa shape index (κ3) is 8.20. The number of hydrogen-bond acceptors (Lipinski definition) is 3. The number of halogens is 2. The Kier molecular flexibility index (Phi) is 10.6. The maximum atomic E-state index is 13.7. The molecular formula is C29H32Br2N2O3. The van der Waals surface area contributed by atoms with E-state index in [0.717, 1.165) is 26.5 Å². The monoisotopic (exact) mass is 614 g/mol. The number of amides is 2. The van der Waals surface area contributed by atoms with Gasteiger partial charge in [-0.25, -0.2) is 0 Å². The van der Waals surface area contributed by atoms with E-state index >= 15 is 0 Å². The van der Waals surface area contributed by atoms with E-state index in [1.54, 1.807) is 4.90 Å². The van der Waals surface area contributed by atoms with E-state index < -0.39 is 6.04 Å². The molecular weight excluding hydrogens is 584 g/mol. The Labute approximate surface area is 230 Å². The molecule has 36 heavy (non-hydrogen) atoms. The third-order valence-electron chi connectivity index (χ3n) is 5.70. The highest BCUT2D eigenvalue weighted by molar-refractivity contribution is 9.10. The van der Waals surface area contributed by atoms with Gasteiger partial charge in [-0.1, -0.05) is 71.4 Å². The molecule has 3 aromatic rings. The predicted octanol–water partition coefficient (Wildman–Crippen LogP) is 6.32. The second-order valence-electron chi connectivity index (χ2n) is 8.93. The van der Waals surface area contributed by atoms with Crippen LogP contribution in [0, 0.1) is 0 Å². The molecule has 0 aliphatic carbocycles. The first-order chi connectivity index (χ1) is 17.3. The van der Waals surface area contributed by atoms with Gasteiger partial charge in [-0.05, 0) is 77.2 Å². The van der Waals surface area contributed by atoms with E-state index in [9.17, 15) is 9.59 Å². The molecule has 0 saturated carbocycles. The highest BCUT2D eigenvalue weighted by Gasteiger charge is 2.31. The van der Waals surface area contributed by atoms with Crippen LogP contribution in [0.4, 0.5) is 0 Å². The Morgan fingerprint density at radius 2 is 1.64 bits per heavy atom. The summed E-state index contributed by atoms with van der Waals surface area (Å²) in [5.41, 5.74) is 3.07. The van der Waals surface area contributed by atoms with Crippen molar-refractivity contribution in [1.82, 2.24) is 10.2 Å². The van der Waals surface area contributed by atoms with Crippen molar-refractivity contribution in [2.24, 2.45) is 0 Å². The van der Waals surface area contributed by atoms with Gasteiger partial charge in [0, 0.05) is 23.5 Å². The molecule has 0 aliphatic heterocycles. The Bertz CT molecular complexity index is 1170. The molecule has 2 amide bonds. The first kappa shape index (κ1) is 27.9. The second kappa shape index (κ2) is 13.6. The van der Waals surface area contributed by atoms with Crippen molar-refractivity contribution in [2.45, 2.75) is 52.2 Å². The van der Waals surface area contributed by atoms with Crippen LogP contribution in [0.25, 0.3) is 0 Å². The molecule has 0 radical (unpaired) electrons. The van der Waals surface area contributed by atoms with E-state index in [1.807, 2.05) is 86.6 Å². The zero-order chi connectivity index (χ0) is 26.1. The molecule has 7 heteroatoms. The van der Waals surface area contributed by atoms with E-state index in [1.165, 1.54) is 5.56 Å². The number of carbonyl (C=O) groups is 2. The maximum Gasteiger partial charge on any atom is 0.261 e. The average molecular weight is 616 g/mol. The topological polar surface area (TPSA) is 58.6 Å². The highest BCUT2D eigenvalue weighted by atomic mass is 79.9. The standard InChI is InChI=1S/C29H32Br2N2O3/c1-4-21-13-14-27(25(31)16-21)36-19-28(34)33(18-23-11-8-12-24(30)15-23)26(29(35)32-20(2)3)17-22-9-6-5-7-10-22/h5-16,20,26H,4,17-19H2,1-3H3,(H,32,35). The first-order valence-corrected chi connectivity index (χ1v) is 13.6. The van der Waals surface area contributed by atoms with Crippen LogP contribution >= 0.6 is 31.9 Å². The van der Waals surface area contributed by atoms with Gasteiger partial charge >= 0.3 is 0 Å². The molecule has 0 saturated heterocycles. The lowest BCUT2D eigenvalue weighted by molar-refractivity contribution is -0.143. The molecule has 0 fully saturated rings. The van der Waals surface area contributed by atoms with Gasteiger partial charge in [-0.3, -0.25) is 9.59 Å². The number of hydrogen-bond donors (Lipinski definition) is 1. The van der Waals surface area contributed by atoms with E-state index in [0.29, 0.717) is 12.2 Å². The van der Waals surface area contributed by atoms with Crippen molar-refractivity contribution in [2.75, 3.05) is 6.61 Å². The molecule has 1 unspecified atom stereocenters. The number of rotatable bonds is 11. The minimum absolute atomic E-state index is 0.0529. The summed E-state index contributed by atoms with van der Waals surface area (Å²) < 4.78 is 7.63. The largest absolute Gasteiger partial charge is 0.483 e. The first-order valence-electron chi connectivity index (χ1n) is 12.1. The zero-order valence-electron chi connectivity index (χ0n) is 20.8. The molecule has 0 spiro atoms. The molecule has 0 heterocycles. The summed E-state index contributed by atoms with van der Waals surface area (Å²) >= 11 is 7.05. The van der Waals surface area contributed by atoms with Crippen LogP contribution in [0.15, 0.2) is 81.7 Å². The Morgan fingerprint density at radius 3 is 2.28 bits per heavy atom. The van der Waals surface area contributed by atoms with Gasteiger partial charge in [0.15, 0.2) is 6.61 Å². The van der Waals surface area contributed by atoms with Gasteiger partial charge in [-0.15, -0.1) is 0 Å². The SMILES string of the molecule is CCc1ccc(OCC(=O)N(Cc2cccc(Br)c2)C(Cc2ccccc2)C(=O)NC(C)C)c(Br)c1. The van der Waals surface area contributed by atoms with Gasteiger partial charge in [0.2, 0.25) is 5.91 Å². The van der Waals surface area contributed by atoms with Gasteiger partial charge in [-0.2, -0.15) is 0 Å². The Hall–Kier alpha value is -2.64. The lowest BCUT2D eigenvalue weighted by Crippen LogP contribution is -2.52. The van der Waals surface area contributed by atoms with Crippen LogP contribution in [0.5, 0.6) is 5.75 Å². The van der Waals surface area contributed by atoms with Gasteiger partial charge in [0.1, 0.15) is 11.8 Å². The predicted molar refractivity (Wildman–Crippen MR) is 151 cm³/mol. The number of carbonyl (C=O) groups excluding carboxylic acids is 2. The summed E-state index contributed by atoms with van der Waals surface area (Å²) in [5, 5.41) is 3.00. The molecule has 1 N–H and O–H groups in total. The summed E-state index contributed by atoms with van der Waals surface area (Å²) in [6.07, 6.45) is 1.30. The molecule has 0 aliphatic rings. The molecule has 3 aromatic carbocycles. The van der Waals surface area contributed by atoms with Crippen LogP contribution in [0.3, 0.4) is 0 Å². The minimum atomic E-state index is -0.698.